The molecule has 4 bridgehead atoms. The molecule has 0 spiro atoms. The highest BCUT2D eigenvalue weighted by Crippen LogP contribution is 2.70. The maximum Gasteiger partial charge on any atom is 0.347 e. The van der Waals surface area contributed by atoms with Crippen LogP contribution in [0.1, 0.15) is 79.6 Å². The summed E-state index contributed by atoms with van der Waals surface area (Å²) in [5.74, 6) is 4.05. The molecule has 0 aromatic carbocycles. The molecule has 152 valence electrons. The molecule has 4 aliphatic rings. The van der Waals surface area contributed by atoms with Gasteiger partial charge in [0.25, 0.3) is 0 Å². The summed E-state index contributed by atoms with van der Waals surface area (Å²) in [5.41, 5.74) is -0.895. The van der Waals surface area contributed by atoms with Crippen molar-refractivity contribution < 1.29 is 19.1 Å². The summed E-state index contributed by atoms with van der Waals surface area (Å²) in [6.07, 6.45) is 7.20. The van der Waals surface area contributed by atoms with E-state index in [2.05, 4.69) is 6.92 Å². The van der Waals surface area contributed by atoms with Crippen LogP contribution in [0.3, 0.4) is 0 Å². The van der Waals surface area contributed by atoms with Crippen LogP contribution in [0.5, 0.6) is 0 Å². The van der Waals surface area contributed by atoms with Crippen molar-refractivity contribution in [3.05, 3.63) is 0 Å². The van der Waals surface area contributed by atoms with Gasteiger partial charge in [-0.05, 0) is 95.3 Å². The first-order valence-corrected chi connectivity index (χ1v) is 11.2. The minimum atomic E-state index is -0.832. The Morgan fingerprint density at radius 3 is 2.37 bits per heavy atom. The molecule has 4 saturated carbocycles. The minimum Gasteiger partial charge on any atom is -0.456 e. The summed E-state index contributed by atoms with van der Waals surface area (Å²) >= 11 is 0. The van der Waals surface area contributed by atoms with Crippen LogP contribution in [-0.2, 0) is 19.1 Å². The third-order valence-electron chi connectivity index (χ3n) is 8.85. The number of hydrogen-bond donors (Lipinski definition) is 0. The lowest BCUT2D eigenvalue weighted by Gasteiger charge is -2.45. The van der Waals surface area contributed by atoms with E-state index in [-0.39, 0.29) is 17.5 Å². The fourth-order valence-corrected chi connectivity index (χ4v) is 7.09. The lowest BCUT2D eigenvalue weighted by atomic mass is 9.65. The number of hydrogen-bond acceptors (Lipinski definition) is 4. The molecule has 0 N–H and O–H groups in total. The average Bonchev–Trinajstić information content (AvgIpc) is 3.39. The maximum atomic E-state index is 12.8. The molecular formula is C23H36O4. The van der Waals surface area contributed by atoms with E-state index in [1.54, 1.807) is 6.92 Å². The average molecular weight is 377 g/mol. The number of carbonyl (C=O) groups excluding carboxylic acids is 2. The predicted molar refractivity (Wildman–Crippen MR) is 103 cm³/mol. The zero-order chi connectivity index (χ0) is 19.6. The third kappa shape index (κ3) is 2.84. The SMILES string of the molecule is CCC(C)(C)C(=O)OC(C)C(=O)OC1(CC)CC2CC1C1C3CCC(C3)C21. The summed E-state index contributed by atoms with van der Waals surface area (Å²) in [6, 6.07) is 0. The Hall–Kier alpha value is -1.06. The molecule has 4 fully saturated rings. The molecule has 0 heterocycles. The molecule has 4 nitrogen and oxygen atoms in total. The van der Waals surface area contributed by atoms with Crippen LogP contribution < -0.4 is 0 Å². The normalized spacial score (nSPS) is 42.9. The van der Waals surface area contributed by atoms with Crippen LogP contribution in [0.4, 0.5) is 0 Å². The van der Waals surface area contributed by atoms with Gasteiger partial charge < -0.3 is 9.47 Å². The van der Waals surface area contributed by atoms with Crippen molar-refractivity contribution in [2.45, 2.75) is 91.3 Å². The van der Waals surface area contributed by atoms with Gasteiger partial charge in [-0.25, -0.2) is 4.79 Å². The van der Waals surface area contributed by atoms with E-state index >= 15 is 0 Å². The summed E-state index contributed by atoms with van der Waals surface area (Å²) in [4.78, 5) is 25.2. The highest BCUT2D eigenvalue weighted by Gasteiger charge is 2.67. The van der Waals surface area contributed by atoms with Gasteiger partial charge in [-0.3, -0.25) is 4.79 Å². The van der Waals surface area contributed by atoms with Crippen LogP contribution in [0.25, 0.3) is 0 Å². The molecular weight excluding hydrogens is 340 g/mol. The Morgan fingerprint density at radius 1 is 1.07 bits per heavy atom. The molecule has 8 atom stereocenters. The first-order valence-electron chi connectivity index (χ1n) is 11.2. The van der Waals surface area contributed by atoms with Gasteiger partial charge in [0.2, 0.25) is 0 Å². The van der Waals surface area contributed by atoms with E-state index in [9.17, 15) is 9.59 Å². The molecule has 27 heavy (non-hydrogen) atoms. The van der Waals surface area contributed by atoms with Crippen LogP contribution in [0.15, 0.2) is 0 Å². The second kappa shape index (κ2) is 6.49. The first kappa shape index (κ1) is 19.3. The van der Waals surface area contributed by atoms with E-state index in [1.807, 2.05) is 20.8 Å². The lowest BCUT2D eigenvalue weighted by molar-refractivity contribution is -0.190. The number of carbonyl (C=O) groups is 2. The second-order valence-electron chi connectivity index (χ2n) is 10.4. The van der Waals surface area contributed by atoms with Gasteiger partial charge in [0.1, 0.15) is 5.60 Å². The quantitative estimate of drug-likeness (QED) is 0.496. The van der Waals surface area contributed by atoms with E-state index < -0.39 is 11.5 Å². The molecule has 8 unspecified atom stereocenters. The van der Waals surface area contributed by atoms with Crippen LogP contribution in [-0.4, -0.2) is 23.6 Å². The van der Waals surface area contributed by atoms with Crippen molar-refractivity contribution in [2.75, 3.05) is 0 Å². The Kier molecular flexibility index (Phi) is 4.63. The van der Waals surface area contributed by atoms with E-state index in [4.69, 9.17) is 9.47 Å². The fourth-order valence-electron chi connectivity index (χ4n) is 7.09. The third-order valence-corrected chi connectivity index (χ3v) is 8.85. The Labute approximate surface area is 163 Å². The predicted octanol–water partition coefficient (Wildman–Crippen LogP) is 4.75. The smallest absolute Gasteiger partial charge is 0.347 e. The minimum absolute atomic E-state index is 0.318. The zero-order valence-corrected chi connectivity index (χ0v) is 17.6. The largest absolute Gasteiger partial charge is 0.456 e. The van der Waals surface area contributed by atoms with E-state index in [1.165, 1.54) is 25.7 Å². The maximum absolute atomic E-state index is 12.8. The summed E-state index contributed by atoms with van der Waals surface area (Å²) in [5, 5.41) is 0. The number of ether oxygens (including phenoxy) is 2. The van der Waals surface area contributed by atoms with Crippen molar-refractivity contribution in [3.63, 3.8) is 0 Å². The zero-order valence-electron chi connectivity index (χ0n) is 17.6. The van der Waals surface area contributed by atoms with E-state index in [0.717, 1.165) is 42.4 Å². The van der Waals surface area contributed by atoms with Gasteiger partial charge >= 0.3 is 11.9 Å². The molecule has 4 aliphatic carbocycles. The molecule has 0 amide bonds. The number of rotatable bonds is 6. The number of fused-ring (bicyclic) bond motifs is 9. The Balaban J connectivity index is 1.44. The van der Waals surface area contributed by atoms with E-state index in [0.29, 0.717) is 12.3 Å². The second-order valence-corrected chi connectivity index (χ2v) is 10.4. The molecule has 0 saturated heterocycles. The van der Waals surface area contributed by atoms with Gasteiger partial charge in [0.15, 0.2) is 6.10 Å². The van der Waals surface area contributed by atoms with Crippen LogP contribution >= 0.6 is 0 Å². The summed E-state index contributed by atoms with van der Waals surface area (Å²) in [6.45, 7) is 9.48. The van der Waals surface area contributed by atoms with Gasteiger partial charge in [0.05, 0.1) is 5.41 Å². The Bertz CT molecular complexity index is 626. The monoisotopic (exact) mass is 376 g/mol. The molecule has 4 rings (SSSR count). The fraction of sp³-hybridized carbons (Fsp3) is 0.913. The Morgan fingerprint density at radius 2 is 1.74 bits per heavy atom. The molecule has 4 heteroatoms. The van der Waals surface area contributed by atoms with Crippen LogP contribution in [0, 0.1) is 40.9 Å². The van der Waals surface area contributed by atoms with Crippen molar-refractivity contribution in [1.82, 2.24) is 0 Å². The standard InChI is InChI=1S/C23H36O4/c1-6-22(4,5)21(25)26-13(3)20(24)27-23(7-2)12-16-11-17(23)19-15-9-8-14(10-15)18(16)19/h13-19H,6-12H2,1-5H3. The highest BCUT2D eigenvalue weighted by molar-refractivity contribution is 5.81. The van der Waals surface area contributed by atoms with Gasteiger partial charge in [-0.15, -0.1) is 0 Å². The topological polar surface area (TPSA) is 52.6 Å². The summed E-state index contributed by atoms with van der Waals surface area (Å²) < 4.78 is 11.7. The summed E-state index contributed by atoms with van der Waals surface area (Å²) in [7, 11) is 0. The van der Waals surface area contributed by atoms with Gasteiger partial charge in [-0.1, -0.05) is 13.8 Å². The van der Waals surface area contributed by atoms with Crippen molar-refractivity contribution in [3.8, 4) is 0 Å². The highest BCUT2D eigenvalue weighted by atomic mass is 16.6. The van der Waals surface area contributed by atoms with Gasteiger partial charge in [0, 0.05) is 5.92 Å². The van der Waals surface area contributed by atoms with Crippen molar-refractivity contribution >= 4 is 11.9 Å². The molecule has 0 radical (unpaired) electrons. The van der Waals surface area contributed by atoms with Crippen molar-refractivity contribution in [2.24, 2.45) is 40.9 Å². The van der Waals surface area contributed by atoms with Crippen LogP contribution in [0.2, 0.25) is 0 Å². The first-order chi connectivity index (χ1) is 12.7. The molecule has 0 aliphatic heterocycles. The number of esters is 2. The van der Waals surface area contributed by atoms with Gasteiger partial charge in [-0.2, -0.15) is 0 Å². The lowest BCUT2D eigenvalue weighted by Crippen LogP contribution is -2.49. The van der Waals surface area contributed by atoms with Crippen molar-refractivity contribution in [1.29, 1.82) is 0 Å². The molecule has 0 aromatic rings. The molecule has 0 aromatic heterocycles.